The van der Waals surface area contributed by atoms with Crippen LogP contribution in [0.25, 0.3) is 0 Å². The van der Waals surface area contributed by atoms with Crippen molar-refractivity contribution in [2.75, 3.05) is 25.5 Å². The Morgan fingerprint density at radius 3 is 2.46 bits per heavy atom. The number of methoxy groups -OCH3 is 1. The Morgan fingerprint density at radius 1 is 1.04 bits per heavy atom. The summed E-state index contributed by atoms with van der Waals surface area (Å²) < 4.78 is 11.4. The SMILES string of the molecule is COc1ccccc1C(=O)Nc1ccccc1OC1CCNCC1. The third-order valence-electron chi connectivity index (χ3n) is 4.07. The summed E-state index contributed by atoms with van der Waals surface area (Å²) in [5.41, 5.74) is 1.17. The molecule has 0 bridgehead atoms. The van der Waals surface area contributed by atoms with Crippen LogP contribution >= 0.6 is 0 Å². The number of nitrogens with one attached hydrogen (secondary N) is 2. The summed E-state index contributed by atoms with van der Waals surface area (Å²) in [5.74, 6) is 1.04. The molecular formula is C19H22N2O3. The minimum absolute atomic E-state index is 0.176. The summed E-state index contributed by atoms with van der Waals surface area (Å²) in [4.78, 5) is 12.6. The summed E-state index contributed by atoms with van der Waals surface area (Å²) in [6.45, 7) is 1.92. The number of carbonyl (C=O) groups excluding carboxylic acids is 1. The van der Waals surface area contributed by atoms with Gasteiger partial charge >= 0.3 is 0 Å². The molecule has 5 nitrogen and oxygen atoms in total. The zero-order valence-corrected chi connectivity index (χ0v) is 13.7. The molecule has 1 amide bonds. The zero-order valence-electron chi connectivity index (χ0n) is 13.7. The molecule has 1 heterocycles. The number of anilines is 1. The van der Waals surface area contributed by atoms with E-state index in [2.05, 4.69) is 10.6 Å². The van der Waals surface area contributed by atoms with Gasteiger partial charge in [0.1, 0.15) is 17.6 Å². The third-order valence-corrected chi connectivity index (χ3v) is 4.07. The number of piperidine rings is 1. The van der Waals surface area contributed by atoms with Crippen LogP contribution in [0, 0.1) is 0 Å². The molecule has 3 rings (SSSR count). The average Bonchev–Trinajstić information content (AvgIpc) is 2.64. The second-order valence-corrected chi connectivity index (χ2v) is 5.72. The molecule has 0 atom stereocenters. The van der Waals surface area contributed by atoms with Crippen LogP contribution in [0.3, 0.4) is 0 Å². The van der Waals surface area contributed by atoms with Crippen molar-refractivity contribution in [3.63, 3.8) is 0 Å². The van der Waals surface area contributed by atoms with Crippen LogP contribution in [0.4, 0.5) is 5.69 Å². The van der Waals surface area contributed by atoms with E-state index in [9.17, 15) is 4.79 Å². The normalized spacial score (nSPS) is 14.9. The fraction of sp³-hybridized carbons (Fsp3) is 0.316. The largest absolute Gasteiger partial charge is 0.496 e. The van der Waals surface area contributed by atoms with Crippen LogP contribution in [-0.2, 0) is 0 Å². The predicted octanol–water partition coefficient (Wildman–Crippen LogP) is 3.08. The van der Waals surface area contributed by atoms with Crippen molar-refractivity contribution in [2.24, 2.45) is 0 Å². The van der Waals surface area contributed by atoms with Gasteiger partial charge in [0.15, 0.2) is 0 Å². The van der Waals surface area contributed by atoms with Crippen LogP contribution in [0.2, 0.25) is 0 Å². The van der Waals surface area contributed by atoms with Crippen molar-refractivity contribution in [2.45, 2.75) is 18.9 Å². The van der Waals surface area contributed by atoms with Crippen molar-refractivity contribution in [1.29, 1.82) is 0 Å². The number of rotatable bonds is 5. The summed E-state index contributed by atoms with van der Waals surface area (Å²) >= 11 is 0. The Kier molecular flexibility index (Phi) is 5.33. The number of benzene rings is 2. The predicted molar refractivity (Wildman–Crippen MR) is 93.9 cm³/mol. The van der Waals surface area contributed by atoms with Crippen molar-refractivity contribution in [3.05, 3.63) is 54.1 Å². The standard InChI is InChI=1S/C19H22N2O3/c1-23-17-8-4-2-6-15(17)19(22)21-16-7-3-5-9-18(16)24-14-10-12-20-13-11-14/h2-9,14,20H,10-13H2,1H3,(H,21,22). The lowest BCUT2D eigenvalue weighted by Gasteiger charge is -2.25. The first-order valence-electron chi connectivity index (χ1n) is 8.18. The lowest BCUT2D eigenvalue weighted by atomic mass is 10.1. The summed E-state index contributed by atoms with van der Waals surface area (Å²) in [6.07, 6.45) is 2.11. The third kappa shape index (κ3) is 3.86. The lowest BCUT2D eigenvalue weighted by molar-refractivity contribution is 0.102. The van der Waals surface area contributed by atoms with E-state index in [1.807, 2.05) is 36.4 Å². The number of ether oxygens (including phenoxy) is 2. The average molecular weight is 326 g/mol. The van der Waals surface area contributed by atoms with E-state index in [-0.39, 0.29) is 12.0 Å². The van der Waals surface area contributed by atoms with E-state index in [1.165, 1.54) is 0 Å². The van der Waals surface area contributed by atoms with Gasteiger partial charge in [0.2, 0.25) is 0 Å². The molecule has 0 aliphatic carbocycles. The molecule has 1 aliphatic rings. The van der Waals surface area contributed by atoms with Gasteiger partial charge in [-0.15, -0.1) is 0 Å². The molecule has 2 N–H and O–H groups in total. The quantitative estimate of drug-likeness (QED) is 0.886. The van der Waals surface area contributed by atoms with Crippen LogP contribution in [0.15, 0.2) is 48.5 Å². The summed E-state index contributed by atoms with van der Waals surface area (Å²) in [7, 11) is 1.56. The van der Waals surface area contributed by atoms with Crippen molar-refractivity contribution in [3.8, 4) is 11.5 Å². The van der Waals surface area contributed by atoms with Crippen molar-refractivity contribution < 1.29 is 14.3 Å². The first kappa shape index (κ1) is 16.3. The molecule has 0 aromatic heterocycles. The first-order valence-corrected chi connectivity index (χ1v) is 8.18. The van der Waals surface area contributed by atoms with E-state index in [0.29, 0.717) is 22.7 Å². The Labute approximate surface area is 142 Å². The number of hydrogen-bond donors (Lipinski definition) is 2. The molecule has 0 radical (unpaired) electrons. The minimum atomic E-state index is -0.214. The lowest BCUT2D eigenvalue weighted by Crippen LogP contribution is -2.34. The molecule has 1 saturated heterocycles. The Balaban J connectivity index is 1.76. The van der Waals surface area contributed by atoms with Gasteiger partial charge in [0.05, 0.1) is 18.4 Å². The summed E-state index contributed by atoms with van der Waals surface area (Å²) in [6, 6.07) is 14.7. The van der Waals surface area contributed by atoms with Crippen molar-refractivity contribution in [1.82, 2.24) is 5.32 Å². The second-order valence-electron chi connectivity index (χ2n) is 5.72. The van der Waals surface area contributed by atoms with Gasteiger partial charge in [-0.2, -0.15) is 0 Å². The van der Waals surface area contributed by atoms with Gasteiger partial charge in [0.25, 0.3) is 5.91 Å². The fourth-order valence-corrected chi connectivity index (χ4v) is 2.79. The molecule has 5 heteroatoms. The summed E-state index contributed by atoms with van der Waals surface area (Å²) in [5, 5.41) is 6.25. The van der Waals surface area contributed by atoms with E-state index < -0.39 is 0 Å². The molecule has 2 aromatic carbocycles. The fourth-order valence-electron chi connectivity index (χ4n) is 2.79. The Morgan fingerprint density at radius 2 is 1.71 bits per heavy atom. The van der Waals surface area contributed by atoms with E-state index >= 15 is 0 Å². The highest BCUT2D eigenvalue weighted by Crippen LogP contribution is 2.28. The second kappa shape index (κ2) is 7.84. The minimum Gasteiger partial charge on any atom is -0.496 e. The molecule has 24 heavy (non-hydrogen) atoms. The monoisotopic (exact) mass is 326 g/mol. The van der Waals surface area contributed by atoms with E-state index in [1.54, 1.807) is 19.2 Å². The van der Waals surface area contributed by atoms with Gasteiger partial charge in [-0.3, -0.25) is 4.79 Å². The van der Waals surface area contributed by atoms with Gasteiger partial charge in [0, 0.05) is 0 Å². The molecule has 1 fully saturated rings. The number of amides is 1. The highest BCUT2D eigenvalue weighted by Gasteiger charge is 2.18. The molecule has 2 aromatic rings. The maximum absolute atomic E-state index is 12.6. The smallest absolute Gasteiger partial charge is 0.259 e. The highest BCUT2D eigenvalue weighted by molar-refractivity contribution is 6.06. The maximum atomic E-state index is 12.6. The Hall–Kier alpha value is -2.53. The highest BCUT2D eigenvalue weighted by atomic mass is 16.5. The van der Waals surface area contributed by atoms with E-state index in [0.717, 1.165) is 25.9 Å². The molecular weight excluding hydrogens is 304 g/mol. The van der Waals surface area contributed by atoms with Crippen LogP contribution in [0.5, 0.6) is 11.5 Å². The maximum Gasteiger partial charge on any atom is 0.259 e. The Bertz CT molecular complexity index is 697. The van der Waals surface area contributed by atoms with Gasteiger partial charge in [-0.05, 0) is 50.2 Å². The first-order chi connectivity index (χ1) is 11.8. The van der Waals surface area contributed by atoms with E-state index in [4.69, 9.17) is 9.47 Å². The zero-order chi connectivity index (χ0) is 16.8. The van der Waals surface area contributed by atoms with Gasteiger partial charge < -0.3 is 20.1 Å². The van der Waals surface area contributed by atoms with Crippen molar-refractivity contribution >= 4 is 11.6 Å². The number of para-hydroxylation sites is 3. The molecule has 0 saturated carbocycles. The molecule has 0 spiro atoms. The van der Waals surface area contributed by atoms with Crippen LogP contribution < -0.4 is 20.1 Å². The molecule has 126 valence electrons. The molecule has 0 unspecified atom stereocenters. The van der Waals surface area contributed by atoms with Gasteiger partial charge in [-0.1, -0.05) is 24.3 Å². The van der Waals surface area contributed by atoms with Crippen LogP contribution in [0.1, 0.15) is 23.2 Å². The number of carbonyl (C=O) groups is 1. The molecule has 1 aliphatic heterocycles. The van der Waals surface area contributed by atoms with Gasteiger partial charge in [-0.25, -0.2) is 0 Å². The topological polar surface area (TPSA) is 59.6 Å². The van der Waals surface area contributed by atoms with Crippen LogP contribution in [-0.4, -0.2) is 32.2 Å². The number of hydrogen-bond acceptors (Lipinski definition) is 4.